The van der Waals surface area contributed by atoms with Crippen molar-refractivity contribution in [2.24, 2.45) is 11.1 Å². The van der Waals surface area contributed by atoms with Crippen molar-refractivity contribution in [2.45, 2.75) is 38.1 Å². The van der Waals surface area contributed by atoms with Crippen LogP contribution in [0.15, 0.2) is 9.98 Å². The average molecular weight is 319 g/mol. The van der Waals surface area contributed by atoms with Gasteiger partial charge in [-0.2, -0.15) is 0 Å². The lowest BCUT2D eigenvalue weighted by atomic mass is 9.69. The number of aliphatic carboxylic acids is 1. The Bertz CT molecular complexity index is 415. The normalized spacial score (nSPS) is 21.1. The van der Waals surface area contributed by atoms with Gasteiger partial charge in [-0.3, -0.25) is 4.79 Å². The van der Waals surface area contributed by atoms with Crippen molar-refractivity contribution in [3.8, 4) is 0 Å². The fraction of sp³-hybridized carbons (Fsp3) is 0.636. The van der Waals surface area contributed by atoms with E-state index in [1.54, 1.807) is 6.20 Å². The van der Waals surface area contributed by atoms with E-state index < -0.39 is 17.4 Å². The number of carboxylic acids is 1. The monoisotopic (exact) mass is 318 g/mol. The Morgan fingerprint density at radius 1 is 1.53 bits per heavy atom. The SMILES string of the molecule is NC(c1ncc(Br)s1)C1(C(=O)O)CCCCC1. The summed E-state index contributed by atoms with van der Waals surface area (Å²) in [6.45, 7) is 0. The molecule has 1 unspecified atom stereocenters. The van der Waals surface area contributed by atoms with Gasteiger partial charge >= 0.3 is 5.97 Å². The number of hydrogen-bond donors (Lipinski definition) is 2. The number of halogens is 1. The smallest absolute Gasteiger partial charge is 0.311 e. The number of thiazole rings is 1. The molecule has 1 heterocycles. The van der Waals surface area contributed by atoms with Gasteiger partial charge in [-0.25, -0.2) is 4.98 Å². The van der Waals surface area contributed by atoms with Gasteiger partial charge in [-0.1, -0.05) is 19.3 Å². The van der Waals surface area contributed by atoms with Gasteiger partial charge in [0.25, 0.3) is 0 Å². The summed E-state index contributed by atoms with van der Waals surface area (Å²) in [6.07, 6.45) is 5.96. The van der Waals surface area contributed by atoms with Crippen LogP contribution in [0.2, 0.25) is 0 Å². The van der Waals surface area contributed by atoms with Crippen LogP contribution >= 0.6 is 27.3 Å². The lowest BCUT2D eigenvalue weighted by Crippen LogP contribution is -2.43. The first-order valence-electron chi connectivity index (χ1n) is 5.66. The summed E-state index contributed by atoms with van der Waals surface area (Å²) in [5.41, 5.74) is 5.34. The molecule has 1 fully saturated rings. The standard InChI is InChI=1S/C11H15BrN2O2S/c12-7-6-14-9(17-7)8(13)11(10(15)16)4-2-1-3-5-11/h6,8H,1-5,13H2,(H,15,16). The molecule has 1 atom stereocenters. The zero-order valence-corrected chi connectivity index (χ0v) is 11.8. The predicted octanol–water partition coefficient (Wildman–Crippen LogP) is 2.94. The number of hydrogen-bond acceptors (Lipinski definition) is 4. The van der Waals surface area contributed by atoms with Gasteiger partial charge in [0.2, 0.25) is 0 Å². The van der Waals surface area contributed by atoms with E-state index in [4.69, 9.17) is 5.73 Å². The molecule has 6 heteroatoms. The summed E-state index contributed by atoms with van der Waals surface area (Å²) < 4.78 is 0.888. The lowest BCUT2D eigenvalue weighted by Gasteiger charge is -2.37. The number of carbonyl (C=O) groups is 1. The Morgan fingerprint density at radius 3 is 2.65 bits per heavy atom. The molecule has 0 aromatic carbocycles. The minimum atomic E-state index is -0.824. The van der Waals surface area contributed by atoms with Crippen molar-refractivity contribution < 1.29 is 9.90 Å². The molecule has 1 aromatic heterocycles. The third-order valence-electron chi connectivity index (χ3n) is 3.53. The van der Waals surface area contributed by atoms with Crippen LogP contribution in [0.5, 0.6) is 0 Å². The van der Waals surface area contributed by atoms with E-state index in [2.05, 4.69) is 20.9 Å². The number of carboxylic acid groups (broad SMARTS) is 1. The van der Waals surface area contributed by atoms with Gasteiger partial charge in [0.15, 0.2) is 0 Å². The van der Waals surface area contributed by atoms with Crippen LogP contribution in [0.25, 0.3) is 0 Å². The minimum Gasteiger partial charge on any atom is -0.481 e. The van der Waals surface area contributed by atoms with Crippen molar-refractivity contribution in [1.29, 1.82) is 0 Å². The molecule has 17 heavy (non-hydrogen) atoms. The summed E-state index contributed by atoms with van der Waals surface area (Å²) >= 11 is 4.75. The summed E-state index contributed by atoms with van der Waals surface area (Å²) in [6, 6.07) is -0.503. The second-order valence-electron chi connectivity index (χ2n) is 4.50. The van der Waals surface area contributed by atoms with E-state index in [9.17, 15) is 9.90 Å². The van der Waals surface area contributed by atoms with Gasteiger partial charge in [-0.15, -0.1) is 11.3 Å². The van der Waals surface area contributed by atoms with Crippen molar-refractivity contribution >= 4 is 33.2 Å². The molecule has 1 aromatic rings. The molecule has 1 aliphatic carbocycles. The van der Waals surface area contributed by atoms with Gasteiger partial charge < -0.3 is 10.8 Å². The number of nitrogens with two attached hydrogens (primary N) is 1. The largest absolute Gasteiger partial charge is 0.481 e. The molecule has 3 N–H and O–H groups in total. The van der Waals surface area contributed by atoms with Crippen LogP contribution in [0.4, 0.5) is 0 Å². The number of nitrogens with zero attached hydrogens (tertiary/aromatic N) is 1. The van der Waals surface area contributed by atoms with Crippen LogP contribution in [-0.2, 0) is 4.79 Å². The lowest BCUT2D eigenvalue weighted by molar-refractivity contribution is -0.152. The highest BCUT2D eigenvalue weighted by molar-refractivity contribution is 9.11. The molecule has 0 spiro atoms. The molecule has 0 radical (unpaired) electrons. The van der Waals surface area contributed by atoms with Gasteiger partial charge in [-0.05, 0) is 28.8 Å². The summed E-state index contributed by atoms with van der Waals surface area (Å²) in [5, 5.41) is 10.2. The third-order valence-corrected chi connectivity index (χ3v) is 5.09. The van der Waals surface area contributed by atoms with Crippen LogP contribution < -0.4 is 5.73 Å². The van der Waals surface area contributed by atoms with E-state index in [1.165, 1.54) is 11.3 Å². The van der Waals surface area contributed by atoms with Crippen molar-refractivity contribution in [3.05, 3.63) is 15.0 Å². The first-order chi connectivity index (χ1) is 8.06. The second kappa shape index (κ2) is 5.04. The fourth-order valence-electron chi connectivity index (χ4n) is 2.49. The first kappa shape index (κ1) is 13.0. The third kappa shape index (κ3) is 2.39. The zero-order valence-electron chi connectivity index (χ0n) is 9.36. The molecule has 1 saturated carbocycles. The van der Waals surface area contributed by atoms with Gasteiger partial charge in [0, 0.05) is 0 Å². The molecule has 1 aliphatic rings. The highest BCUT2D eigenvalue weighted by Gasteiger charge is 2.46. The second-order valence-corrected chi connectivity index (χ2v) is 6.94. The summed E-state index contributed by atoms with van der Waals surface area (Å²) in [5.74, 6) is -0.781. The molecule has 94 valence electrons. The Labute approximate surface area is 112 Å². The van der Waals surface area contributed by atoms with Crippen LogP contribution in [0.1, 0.15) is 43.2 Å². The molecule has 0 aliphatic heterocycles. The topological polar surface area (TPSA) is 76.2 Å². The van der Waals surface area contributed by atoms with E-state index in [1.807, 2.05) is 0 Å². The molecule has 0 saturated heterocycles. The summed E-state index contributed by atoms with van der Waals surface area (Å²) in [7, 11) is 0. The summed E-state index contributed by atoms with van der Waals surface area (Å²) in [4.78, 5) is 15.8. The molecular formula is C11H15BrN2O2S. The number of aromatic nitrogens is 1. The molecule has 2 rings (SSSR count). The highest BCUT2D eigenvalue weighted by atomic mass is 79.9. The van der Waals surface area contributed by atoms with Gasteiger partial charge in [0.05, 0.1) is 21.4 Å². The van der Waals surface area contributed by atoms with Crippen molar-refractivity contribution in [3.63, 3.8) is 0 Å². The Hall–Kier alpha value is -0.460. The highest BCUT2D eigenvalue weighted by Crippen LogP contribution is 2.46. The van der Waals surface area contributed by atoms with Crippen LogP contribution in [0.3, 0.4) is 0 Å². The maximum Gasteiger partial charge on any atom is 0.311 e. The first-order valence-corrected chi connectivity index (χ1v) is 7.27. The Balaban J connectivity index is 2.30. The maximum atomic E-state index is 11.6. The average Bonchev–Trinajstić information content (AvgIpc) is 2.75. The van der Waals surface area contributed by atoms with Crippen molar-refractivity contribution in [2.75, 3.05) is 0 Å². The molecular weight excluding hydrogens is 304 g/mol. The maximum absolute atomic E-state index is 11.6. The molecule has 4 nitrogen and oxygen atoms in total. The fourth-order valence-corrected chi connectivity index (χ4v) is 3.85. The molecule has 0 amide bonds. The Morgan fingerprint density at radius 2 is 2.18 bits per heavy atom. The van der Waals surface area contributed by atoms with Gasteiger partial charge in [0.1, 0.15) is 5.01 Å². The van der Waals surface area contributed by atoms with E-state index in [0.717, 1.165) is 23.0 Å². The zero-order chi connectivity index (χ0) is 12.5. The minimum absolute atomic E-state index is 0.503. The van der Waals surface area contributed by atoms with E-state index >= 15 is 0 Å². The predicted molar refractivity (Wildman–Crippen MR) is 69.9 cm³/mol. The van der Waals surface area contributed by atoms with E-state index in [0.29, 0.717) is 17.8 Å². The Kier molecular flexibility index (Phi) is 3.85. The quantitative estimate of drug-likeness (QED) is 0.898. The van der Waals surface area contributed by atoms with Crippen LogP contribution in [0, 0.1) is 5.41 Å². The van der Waals surface area contributed by atoms with Crippen molar-refractivity contribution in [1.82, 2.24) is 4.98 Å². The van der Waals surface area contributed by atoms with E-state index in [-0.39, 0.29) is 0 Å². The number of rotatable bonds is 3. The van der Waals surface area contributed by atoms with Crippen LogP contribution in [-0.4, -0.2) is 16.1 Å². The molecule has 0 bridgehead atoms.